The van der Waals surface area contributed by atoms with Gasteiger partial charge in [0, 0.05) is 17.4 Å². The van der Waals surface area contributed by atoms with E-state index >= 15 is 0 Å². The van der Waals surface area contributed by atoms with Gasteiger partial charge in [-0.3, -0.25) is 4.31 Å². The van der Waals surface area contributed by atoms with Gasteiger partial charge in [-0.15, -0.1) is 0 Å². The lowest BCUT2D eigenvalue weighted by Gasteiger charge is -2.36. The maximum absolute atomic E-state index is 13.7. The molecule has 1 heterocycles. The summed E-state index contributed by atoms with van der Waals surface area (Å²) < 4.78 is 42.0. The van der Waals surface area contributed by atoms with E-state index in [-0.39, 0.29) is 16.8 Å². The molecule has 0 bridgehead atoms. The zero-order chi connectivity index (χ0) is 23.8. The second kappa shape index (κ2) is 9.11. The Bertz CT molecular complexity index is 1310. The highest BCUT2D eigenvalue weighted by Crippen LogP contribution is 2.36. The average Bonchev–Trinajstić information content (AvgIpc) is 2.76. The Morgan fingerprint density at radius 1 is 1.03 bits per heavy atom. The predicted molar refractivity (Wildman–Crippen MR) is 136 cm³/mol. The van der Waals surface area contributed by atoms with Crippen LogP contribution < -0.4 is 14.9 Å². The molecule has 3 aromatic carbocycles. The quantitative estimate of drug-likeness (QED) is 0.461. The molecule has 2 N–H and O–H groups in total. The highest BCUT2D eigenvalue weighted by Gasteiger charge is 2.34. The van der Waals surface area contributed by atoms with Crippen molar-refractivity contribution in [2.45, 2.75) is 44.6 Å². The van der Waals surface area contributed by atoms with E-state index < -0.39 is 10.0 Å². The number of nitrogens with zero attached hydrogens (tertiary/aromatic N) is 1. The number of hydrogen-bond donors (Lipinski definition) is 2. The van der Waals surface area contributed by atoms with Crippen LogP contribution in [0.5, 0.6) is 0 Å². The Hall–Kier alpha value is -2.97. The minimum Gasteiger partial charge on any atom is -0.332 e. The molecule has 0 spiro atoms. The van der Waals surface area contributed by atoms with Gasteiger partial charge in [0.05, 0.1) is 10.6 Å². The van der Waals surface area contributed by atoms with Gasteiger partial charge in [-0.05, 0) is 105 Å². The Labute approximate surface area is 199 Å². The van der Waals surface area contributed by atoms with Gasteiger partial charge < -0.3 is 10.6 Å². The molecule has 1 aliphatic rings. The first kappa shape index (κ1) is 23.2. The molecule has 5 nitrogen and oxygen atoms in total. The molecular formula is C25H26FN3O2S2. The van der Waals surface area contributed by atoms with Crippen molar-refractivity contribution in [3.8, 4) is 0 Å². The Morgan fingerprint density at radius 3 is 2.45 bits per heavy atom. The van der Waals surface area contributed by atoms with E-state index in [1.165, 1.54) is 22.0 Å². The monoisotopic (exact) mass is 483 g/mol. The van der Waals surface area contributed by atoms with Crippen LogP contribution in [-0.4, -0.2) is 19.6 Å². The van der Waals surface area contributed by atoms with Gasteiger partial charge in [0.2, 0.25) is 0 Å². The number of sulfonamides is 1. The lowest BCUT2D eigenvalue weighted by atomic mass is 9.99. The number of hydrogen-bond acceptors (Lipinski definition) is 3. The van der Waals surface area contributed by atoms with Crippen LogP contribution in [0.15, 0.2) is 65.6 Å². The molecule has 0 unspecified atom stereocenters. The molecule has 4 rings (SSSR count). The number of thiocarbonyl (C=S) groups is 1. The summed E-state index contributed by atoms with van der Waals surface area (Å²) in [5, 5.41) is 6.67. The van der Waals surface area contributed by atoms with E-state index in [1.54, 1.807) is 30.3 Å². The number of aryl methyl sites for hydroxylation is 3. The minimum atomic E-state index is -3.81. The summed E-state index contributed by atoms with van der Waals surface area (Å²) in [7, 11) is -3.81. The SMILES string of the molecule is Cc1ccc(NC(=S)Nc2ccc(S(=O)(=O)N3c4ccc(F)cc4CC[C@H]3C)cc2)c(C)c1. The number of fused-ring (bicyclic) bond motifs is 1. The van der Waals surface area contributed by atoms with E-state index in [2.05, 4.69) is 16.7 Å². The number of rotatable bonds is 4. The number of nitrogens with one attached hydrogen (secondary N) is 2. The van der Waals surface area contributed by atoms with Gasteiger partial charge in [-0.25, -0.2) is 12.8 Å². The van der Waals surface area contributed by atoms with Crippen molar-refractivity contribution in [3.05, 3.63) is 83.2 Å². The third-order valence-corrected chi connectivity index (χ3v) is 7.96. The molecule has 1 atom stereocenters. The average molecular weight is 484 g/mol. The fraction of sp³-hybridized carbons (Fsp3) is 0.240. The summed E-state index contributed by atoms with van der Waals surface area (Å²) in [6.45, 7) is 5.91. The third-order valence-electron chi connectivity index (χ3n) is 5.81. The van der Waals surface area contributed by atoms with E-state index in [4.69, 9.17) is 12.2 Å². The second-order valence-electron chi connectivity index (χ2n) is 8.38. The van der Waals surface area contributed by atoms with Crippen LogP contribution in [0.1, 0.15) is 30.0 Å². The van der Waals surface area contributed by atoms with Crippen LogP contribution in [-0.2, 0) is 16.4 Å². The van der Waals surface area contributed by atoms with Crippen LogP contribution >= 0.6 is 12.2 Å². The molecule has 0 saturated heterocycles. The highest BCUT2D eigenvalue weighted by atomic mass is 32.2. The first-order chi connectivity index (χ1) is 15.6. The molecule has 8 heteroatoms. The van der Waals surface area contributed by atoms with E-state index in [1.807, 2.05) is 32.9 Å². The molecule has 0 fully saturated rings. The molecule has 3 aromatic rings. The summed E-state index contributed by atoms with van der Waals surface area (Å²) in [6, 6.07) is 16.6. The fourth-order valence-electron chi connectivity index (χ4n) is 4.12. The zero-order valence-electron chi connectivity index (χ0n) is 18.7. The van der Waals surface area contributed by atoms with Gasteiger partial charge in [0.25, 0.3) is 10.0 Å². The molecule has 0 amide bonds. The Balaban J connectivity index is 1.52. The number of anilines is 3. The molecule has 33 heavy (non-hydrogen) atoms. The standard InChI is InChI=1S/C25H26FN3O2S2/c1-16-4-12-23(17(2)14-16)28-25(32)27-21-8-10-22(11-9-21)33(30,31)29-18(3)5-6-19-15-20(26)7-13-24(19)29/h4,7-15,18H,5-6H2,1-3H3,(H2,27,28,32)/t18-/m1/s1. The van der Waals surface area contributed by atoms with Crippen molar-refractivity contribution in [3.63, 3.8) is 0 Å². The van der Waals surface area contributed by atoms with Gasteiger partial charge >= 0.3 is 0 Å². The van der Waals surface area contributed by atoms with Crippen molar-refractivity contribution >= 4 is 44.4 Å². The maximum Gasteiger partial charge on any atom is 0.264 e. The van der Waals surface area contributed by atoms with Gasteiger partial charge in [-0.1, -0.05) is 17.7 Å². The van der Waals surface area contributed by atoms with E-state index in [0.717, 1.165) is 11.3 Å². The third kappa shape index (κ3) is 4.86. The van der Waals surface area contributed by atoms with E-state index in [9.17, 15) is 12.8 Å². The molecule has 0 radical (unpaired) electrons. The molecular weight excluding hydrogens is 457 g/mol. The van der Waals surface area contributed by atoms with Crippen molar-refractivity contribution < 1.29 is 12.8 Å². The summed E-state index contributed by atoms with van der Waals surface area (Å²) in [5.41, 5.74) is 5.08. The van der Waals surface area contributed by atoms with Crippen LogP contribution in [0.4, 0.5) is 21.5 Å². The van der Waals surface area contributed by atoms with Crippen molar-refractivity contribution in [2.24, 2.45) is 0 Å². The number of halogens is 1. The van der Waals surface area contributed by atoms with Crippen molar-refractivity contribution in [1.82, 2.24) is 0 Å². The predicted octanol–water partition coefficient (Wildman–Crippen LogP) is 5.78. The van der Waals surface area contributed by atoms with Gasteiger partial charge in [0.1, 0.15) is 5.82 Å². The Morgan fingerprint density at radius 2 is 1.76 bits per heavy atom. The topological polar surface area (TPSA) is 61.4 Å². The molecule has 172 valence electrons. The van der Waals surface area contributed by atoms with Crippen LogP contribution in [0, 0.1) is 19.7 Å². The summed E-state index contributed by atoms with van der Waals surface area (Å²) in [5.74, 6) is -0.360. The smallest absolute Gasteiger partial charge is 0.264 e. The van der Waals surface area contributed by atoms with E-state index in [0.29, 0.717) is 34.9 Å². The van der Waals surface area contributed by atoms with Gasteiger partial charge in [0.15, 0.2) is 5.11 Å². The molecule has 0 aromatic heterocycles. The first-order valence-electron chi connectivity index (χ1n) is 10.7. The summed E-state index contributed by atoms with van der Waals surface area (Å²) >= 11 is 5.41. The largest absolute Gasteiger partial charge is 0.332 e. The molecule has 0 aliphatic carbocycles. The lowest BCUT2D eigenvalue weighted by Crippen LogP contribution is -2.42. The normalized spacial score (nSPS) is 15.6. The second-order valence-corrected chi connectivity index (χ2v) is 10.6. The lowest BCUT2D eigenvalue weighted by molar-refractivity contribution is 0.560. The first-order valence-corrected chi connectivity index (χ1v) is 12.6. The van der Waals surface area contributed by atoms with Crippen molar-refractivity contribution in [1.29, 1.82) is 0 Å². The number of benzene rings is 3. The van der Waals surface area contributed by atoms with Crippen LogP contribution in [0.3, 0.4) is 0 Å². The molecule has 0 saturated carbocycles. The highest BCUT2D eigenvalue weighted by molar-refractivity contribution is 7.92. The molecule has 1 aliphatic heterocycles. The maximum atomic E-state index is 13.7. The zero-order valence-corrected chi connectivity index (χ0v) is 20.4. The van der Waals surface area contributed by atoms with Crippen LogP contribution in [0.25, 0.3) is 0 Å². The fourth-order valence-corrected chi connectivity index (χ4v) is 6.07. The van der Waals surface area contributed by atoms with Gasteiger partial charge in [-0.2, -0.15) is 0 Å². The Kier molecular flexibility index (Phi) is 6.41. The summed E-state index contributed by atoms with van der Waals surface area (Å²) in [4.78, 5) is 0.172. The minimum absolute atomic E-state index is 0.172. The van der Waals surface area contributed by atoms with Crippen LogP contribution in [0.2, 0.25) is 0 Å². The summed E-state index contributed by atoms with van der Waals surface area (Å²) in [6.07, 6.45) is 1.28. The van der Waals surface area contributed by atoms with Crippen molar-refractivity contribution in [2.75, 3.05) is 14.9 Å².